The fraction of sp³-hybridized carbons (Fsp3) is 0.692. The number of hydrogen-bond acceptors (Lipinski definition) is 4. The predicted molar refractivity (Wildman–Crippen MR) is 65.3 cm³/mol. The van der Waals surface area contributed by atoms with Crippen molar-refractivity contribution in [3.63, 3.8) is 0 Å². The van der Waals surface area contributed by atoms with Crippen molar-refractivity contribution in [2.24, 2.45) is 0 Å². The lowest BCUT2D eigenvalue weighted by Crippen LogP contribution is -2.57. The molecule has 3 heterocycles. The van der Waals surface area contributed by atoms with Gasteiger partial charge in [0.2, 0.25) is 0 Å². The van der Waals surface area contributed by atoms with Crippen molar-refractivity contribution in [3.8, 4) is 0 Å². The molecule has 0 radical (unpaired) electrons. The minimum Gasteiger partial charge on any atom is -0.466 e. The van der Waals surface area contributed by atoms with Gasteiger partial charge in [0.1, 0.15) is 11.5 Å². The molecular formula is C13H20N2O2. The Labute approximate surface area is 102 Å². The molecule has 2 aliphatic heterocycles. The molecule has 94 valence electrons. The summed E-state index contributed by atoms with van der Waals surface area (Å²) in [5.41, 5.74) is 0.103. The molecule has 0 atom stereocenters. The first-order valence-electron chi connectivity index (χ1n) is 6.36. The molecule has 1 aromatic rings. The number of ether oxygens (including phenoxy) is 1. The van der Waals surface area contributed by atoms with E-state index in [1.807, 2.05) is 13.0 Å². The summed E-state index contributed by atoms with van der Waals surface area (Å²) in [5, 5.41) is 3.38. The van der Waals surface area contributed by atoms with E-state index in [1.165, 1.54) is 0 Å². The zero-order valence-corrected chi connectivity index (χ0v) is 10.4. The molecule has 0 bridgehead atoms. The maximum Gasteiger partial charge on any atom is 0.116 e. The van der Waals surface area contributed by atoms with E-state index in [4.69, 9.17) is 9.15 Å². The van der Waals surface area contributed by atoms with Crippen LogP contribution in [0.4, 0.5) is 0 Å². The van der Waals surface area contributed by atoms with Crippen LogP contribution in [0, 0.1) is 6.92 Å². The van der Waals surface area contributed by atoms with Gasteiger partial charge >= 0.3 is 0 Å². The lowest BCUT2D eigenvalue weighted by molar-refractivity contribution is -0.0852. The number of nitrogens with zero attached hydrogens (tertiary/aromatic N) is 1. The third kappa shape index (κ3) is 2.12. The Morgan fingerprint density at radius 3 is 2.59 bits per heavy atom. The van der Waals surface area contributed by atoms with Gasteiger partial charge in [-0.15, -0.1) is 0 Å². The van der Waals surface area contributed by atoms with Crippen molar-refractivity contribution in [3.05, 3.63) is 23.7 Å². The normalized spacial score (nSPS) is 24.5. The molecule has 2 fully saturated rings. The fourth-order valence-corrected chi connectivity index (χ4v) is 2.68. The molecule has 17 heavy (non-hydrogen) atoms. The number of hydrogen-bond donors (Lipinski definition) is 1. The topological polar surface area (TPSA) is 37.6 Å². The Hall–Kier alpha value is -0.840. The van der Waals surface area contributed by atoms with Gasteiger partial charge in [-0.05, 0) is 19.1 Å². The SMILES string of the molecule is Cc1ccc(C2(CN3CCNCC3)COC2)o1. The van der Waals surface area contributed by atoms with E-state index in [2.05, 4.69) is 16.3 Å². The predicted octanol–water partition coefficient (Wildman–Crippen LogP) is 0.761. The second-order valence-electron chi connectivity index (χ2n) is 5.21. The third-order valence-electron chi connectivity index (χ3n) is 3.76. The molecule has 0 saturated carbocycles. The Balaban J connectivity index is 1.73. The largest absolute Gasteiger partial charge is 0.466 e. The van der Waals surface area contributed by atoms with Crippen LogP contribution < -0.4 is 5.32 Å². The Morgan fingerprint density at radius 2 is 2.06 bits per heavy atom. The van der Waals surface area contributed by atoms with Crippen LogP contribution in [0.2, 0.25) is 0 Å². The van der Waals surface area contributed by atoms with Gasteiger partial charge in [0.15, 0.2) is 0 Å². The van der Waals surface area contributed by atoms with E-state index < -0.39 is 0 Å². The summed E-state index contributed by atoms with van der Waals surface area (Å²) in [5.74, 6) is 2.09. The molecule has 0 aliphatic carbocycles. The molecule has 1 N–H and O–H groups in total. The Morgan fingerprint density at radius 1 is 1.29 bits per heavy atom. The van der Waals surface area contributed by atoms with E-state index >= 15 is 0 Å². The van der Waals surface area contributed by atoms with Crippen molar-refractivity contribution in [1.29, 1.82) is 0 Å². The highest BCUT2D eigenvalue weighted by Gasteiger charge is 2.44. The van der Waals surface area contributed by atoms with E-state index in [0.717, 1.165) is 57.5 Å². The smallest absolute Gasteiger partial charge is 0.116 e. The highest BCUT2D eigenvalue weighted by Crippen LogP contribution is 2.34. The average Bonchev–Trinajstić information content (AvgIpc) is 2.72. The van der Waals surface area contributed by atoms with Gasteiger partial charge in [0, 0.05) is 32.7 Å². The lowest BCUT2D eigenvalue weighted by Gasteiger charge is -2.44. The third-order valence-corrected chi connectivity index (χ3v) is 3.76. The molecule has 0 amide bonds. The van der Waals surface area contributed by atoms with Gasteiger partial charge in [0.05, 0.1) is 18.6 Å². The monoisotopic (exact) mass is 236 g/mol. The molecule has 1 aromatic heterocycles. The number of aryl methyl sites for hydroxylation is 1. The van der Waals surface area contributed by atoms with Gasteiger partial charge < -0.3 is 14.5 Å². The van der Waals surface area contributed by atoms with Crippen LogP contribution in [0.5, 0.6) is 0 Å². The van der Waals surface area contributed by atoms with Gasteiger partial charge in [-0.1, -0.05) is 0 Å². The zero-order valence-electron chi connectivity index (χ0n) is 10.4. The summed E-state index contributed by atoms with van der Waals surface area (Å²) >= 11 is 0. The van der Waals surface area contributed by atoms with Crippen LogP contribution in [-0.4, -0.2) is 50.8 Å². The number of nitrogens with one attached hydrogen (secondary N) is 1. The summed E-state index contributed by atoms with van der Waals surface area (Å²) in [6.45, 7) is 9.09. The molecule has 3 rings (SSSR count). The summed E-state index contributed by atoms with van der Waals surface area (Å²) in [7, 11) is 0. The van der Waals surface area contributed by atoms with Gasteiger partial charge in [0.25, 0.3) is 0 Å². The summed E-state index contributed by atoms with van der Waals surface area (Å²) in [6.07, 6.45) is 0. The minimum absolute atomic E-state index is 0.103. The molecule has 0 aromatic carbocycles. The second kappa shape index (κ2) is 4.44. The van der Waals surface area contributed by atoms with E-state index in [0.29, 0.717) is 0 Å². The van der Waals surface area contributed by atoms with Crippen LogP contribution in [-0.2, 0) is 10.2 Å². The average molecular weight is 236 g/mol. The van der Waals surface area contributed by atoms with E-state index in [1.54, 1.807) is 0 Å². The van der Waals surface area contributed by atoms with Gasteiger partial charge in [-0.2, -0.15) is 0 Å². The van der Waals surface area contributed by atoms with Gasteiger partial charge in [-0.3, -0.25) is 4.90 Å². The number of furan rings is 1. The number of piperazine rings is 1. The maximum atomic E-state index is 5.81. The summed E-state index contributed by atoms with van der Waals surface area (Å²) in [6, 6.07) is 4.16. The first-order chi connectivity index (χ1) is 8.28. The zero-order chi connectivity index (χ0) is 11.7. The molecule has 4 heteroatoms. The van der Waals surface area contributed by atoms with Crippen molar-refractivity contribution in [2.75, 3.05) is 45.9 Å². The molecule has 0 unspecified atom stereocenters. The van der Waals surface area contributed by atoms with Crippen molar-refractivity contribution in [2.45, 2.75) is 12.3 Å². The fourth-order valence-electron chi connectivity index (χ4n) is 2.68. The Bertz CT molecular complexity index is 379. The molecule has 0 spiro atoms. The summed E-state index contributed by atoms with van der Waals surface area (Å²) < 4.78 is 11.3. The van der Waals surface area contributed by atoms with E-state index in [9.17, 15) is 0 Å². The summed E-state index contributed by atoms with van der Waals surface area (Å²) in [4.78, 5) is 2.51. The van der Waals surface area contributed by atoms with Crippen LogP contribution in [0.25, 0.3) is 0 Å². The second-order valence-corrected chi connectivity index (χ2v) is 5.21. The van der Waals surface area contributed by atoms with E-state index in [-0.39, 0.29) is 5.41 Å². The van der Waals surface area contributed by atoms with Crippen LogP contribution in [0.3, 0.4) is 0 Å². The quantitative estimate of drug-likeness (QED) is 0.841. The molecular weight excluding hydrogens is 216 g/mol. The van der Waals surface area contributed by atoms with Crippen LogP contribution in [0.15, 0.2) is 16.5 Å². The molecule has 2 saturated heterocycles. The Kier molecular flexibility index (Phi) is 2.94. The standard InChI is InChI=1S/C13H20N2O2/c1-11-2-3-12(17-11)13(9-16-10-13)8-15-6-4-14-5-7-15/h2-3,14H,4-10H2,1H3. The van der Waals surface area contributed by atoms with Gasteiger partial charge in [-0.25, -0.2) is 0 Å². The first kappa shape index (κ1) is 11.3. The lowest BCUT2D eigenvalue weighted by atomic mass is 9.82. The van der Waals surface area contributed by atoms with Crippen LogP contribution in [0.1, 0.15) is 11.5 Å². The van der Waals surface area contributed by atoms with Crippen molar-refractivity contribution >= 4 is 0 Å². The highest BCUT2D eigenvalue weighted by atomic mass is 16.5. The maximum absolute atomic E-state index is 5.81. The minimum atomic E-state index is 0.103. The first-order valence-corrected chi connectivity index (χ1v) is 6.36. The number of rotatable bonds is 3. The van der Waals surface area contributed by atoms with Crippen LogP contribution >= 0.6 is 0 Å². The molecule has 2 aliphatic rings. The van der Waals surface area contributed by atoms with Crippen molar-refractivity contribution < 1.29 is 9.15 Å². The van der Waals surface area contributed by atoms with Crippen molar-refractivity contribution in [1.82, 2.24) is 10.2 Å². The molecule has 4 nitrogen and oxygen atoms in total. The highest BCUT2D eigenvalue weighted by molar-refractivity contribution is 5.21.